The van der Waals surface area contributed by atoms with Crippen molar-refractivity contribution in [3.05, 3.63) is 52.8 Å². The second kappa shape index (κ2) is 8.39. The maximum Gasteiger partial charge on any atom is 0.416 e. The molecular formula is C21H25F3N4O. The number of nitrogens with two attached hydrogens (primary N) is 1. The Bertz CT molecular complexity index is 837. The summed E-state index contributed by atoms with van der Waals surface area (Å²) in [7, 11) is 0. The number of nitrogens with zero attached hydrogens (tertiary/aromatic N) is 3. The van der Waals surface area contributed by atoms with E-state index in [1.165, 1.54) is 12.1 Å². The van der Waals surface area contributed by atoms with Crippen LogP contribution in [-0.2, 0) is 11.0 Å². The van der Waals surface area contributed by atoms with Crippen LogP contribution in [0.3, 0.4) is 0 Å². The third-order valence-electron chi connectivity index (χ3n) is 5.71. The molecule has 2 N–H and O–H groups in total. The van der Waals surface area contributed by atoms with Crippen LogP contribution in [0, 0.1) is 25.7 Å². The quantitative estimate of drug-likeness (QED) is 0.769. The Kier molecular flexibility index (Phi) is 6.10. The summed E-state index contributed by atoms with van der Waals surface area (Å²) in [4.78, 5) is 19.8. The van der Waals surface area contributed by atoms with E-state index >= 15 is 0 Å². The fourth-order valence-corrected chi connectivity index (χ4v) is 4.68. The average molecular weight is 406 g/mol. The number of alkyl halides is 3. The summed E-state index contributed by atoms with van der Waals surface area (Å²) >= 11 is 0. The van der Waals surface area contributed by atoms with Crippen molar-refractivity contribution in [1.82, 2.24) is 9.97 Å². The molecule has 1 aliphatic heterocycles. The molecule has 3 atom stereocenters. The van der Waals surface area contributed by atoms with Gasteiger partial charge in [-0.1, -0.05) is 18.2 Å². The number of hydrogen-bond acceptors (Lipinski definition) is 4. The molecule has 5 nitrogen and oxygen atoms in total. The minimum atomic E-state index is -4.28. The van der Waals surface area contributed by atoms with E-state index in [2.05, 4.69) is 20.6 Å². The molecule has 1 aliphatic carbocycles. The first-order valence-corrected chi connectivity index (χ1v) is 9.61. The smallest absolute Gasteiger partial charge is 0.372 e. The summed E-state index contributed by atoms with van der Waals surface area (Å²) in [6.07, 6.45) is -2.43. The summed E-state index contributed by atoms with van der Waals surface area (Å²) in [6.45, 7) is 5.58. The standard InChI is InChI=1S/C20H22F3N3.CH3NO/c1-12-7-13(2)25-19(24-12)26-10-15-8-14(9-16(15)11-26)17-5-3-4-6-18(17)20(21,22)23;2-1-3/h3-7,14-16H,8-11H2,1-2H3;1H,(H2,2,3)/t14?,15-,16+;. The maximum absolute atomic E-state index is 13.3. The van der Waals surface area contributed by atoms with Gasteiger partial charge < -0.3 is 10.6 Å². The highest BCUT2D eigenvalue weighted by Gasteiger charge is 2.44. The van der Waals surface area contributed by atoms with Gasteiger partial charge in [0.25, 0.3) is 0 Å². The lowest BCUT2D eigenvalue weighted by molar-refractivity contribution is -0.138. The van der Waals surface area contributed by atoms with Crippen LogP contribution in [0.2, 0.25) is 0 Å². The lowest BCUT2D eigenvalue weighted by atomic mass is 9.91. The number of rotatable bonds is 2. The monoisotopic (exact) mass is 406 g/mol. The summed E-state index contributed by atoms with van der Waals surface area (Å²) in [5.74, 6) is 1.56. The highest BCUT2D eigenvalue weighted by atomic mass is 19.4. The highest BCUT2D eigenvalue weighted by molar-refractivity contribution is 5.42. The number of benzene rings is 1. The van der Waals surface area contributed by atoms with E-state index in [0.29, 0.717) is 17.4 Å². The van der Waals surface area contributed by atoms with Gasteiger partial charge >= 0.3 is 6.18 Å². The van der Waals surface area contributed by atoms with E-state index < -0.39 is 11.7 Å². The van der Waals surface area contributed by atoms with Gasteiger partial charge in [0.1, 0.15) is 0 Å². The van der Waals surface area contributed by atoms with Crippen LogP contribution in [0.4, 0.5) is 19.1 Å². The largest absolute Gasteiger partial charge is 0.416 e. The predicted molar refractivity (Wildman–Crippen MR) is 104 cm³/mol. The third kappa shape index (κ3) is 4.68. The Balaban J connectivity index is 0.000000755. The van der Waals surface area contributed by atoms with Gasteiger partial charge in [0.05, 0.1) is 5.56 Å². The molecule has 2 aliphatic rings. The Hall–Kier alpha value is -2.64. The van der Waals surface area contributed by atoms with Gasteiger partial charge in [-0.05, 0) is 62.1 Å². The van der Waals surface area contributed by atoms with E-state index in [9.17, 15) is 13.2 Å². The van der Waals surface area contributed by atoms with Crippen LogP contribution in [-0.4, -0.2) is 29.5 Å². The van der Waals surface area contributed by atoms with Gasteiger partial charge in [-0.3, -0.25) is 4.79 Å². The molecule has 0 spiro atoms. The second-order valence-electron chi connectivity index (χ2n) is 7.77. The molecule has 0 bridgehead atoms. The molecule has 1 unspecified atom stereocenters. The Morgan fingerprint density at radius 3 is 2.10 bits per heavy atom. The maximum atomic E-state index is 13.3. The van der Waals surface area contributed by atoms with Crippen molar-refractivity contribution in [2.75, 3.05) is 18.0 Å². The van der Waals surface area contributed by atoms with E-state index in [0.717, 1.165) is 43.3 Å². The van der Waals surface area contributed by atoms with Crippen LogP contribution in [0.5, 0.6) is 0 Å². The minimum absolute atomic E-state index is 0.00913. The minimum Gasteiger partial charge on any atom is -0.372 e. The zero-order valence-corrected chi connectivity index (χ0v) is 16.5. The molecule has 4 rings (SSSR count). The lowest BCUT2D eigenvalue weighted by Gasteiger charge is -2.22. The van der Waals surface area contributed by atoms with Gasteiger partial charge in [-0.2, -0.15) is 13.2 Å². The summed E-state index contributed by atoms with van der Waals surface area (Å²) in [5.41, 5.74) is 6.05. The van der Waals surface area contributed by atoms with Crippen molar-refractivity contribution < 1.29 is 18.0 Å². The van der Waals surface area contributed by atoms with Gasteiger partial charge in [0.2, 0.25) is 12.4 Å². The SMILES string of the molecule is Cc1cc(C)nc(N2C[C@H]3CC(c4ccccc4C(F)(F)F)C[C@H]3C2)n1.NC=O. The zero-order chi connectivity index (χ0) is 21.2. The van der Waals surface area contributed by atoms with Crippen molar-refractivity contribution in [3.63, 3.8) is 0 Å². The predicted octanol–water partition coefficient (Wildman–Crippen LogP) is 3.84. The number of carbonyl (C=O) groups is 1. The summed E-state index contributed by atoms with van der Waals surface area (Å²) in [5, 5.41) is 0. The van der Waals surface area contributed by atoms with Gasteiger partial charge in [0.15, 0.2) is 0 Å². The van der Waals surface area contributed by atoms with Crippen LogP contribution in [0.25, 0.3) is 0 Å². The topological polar surface area (TPSA) is 72.1 Å². The molecule has 2 aromatic rings. The molecule has 1 saturated carbocycles. The molecule has 1 amide bonds. The average Bonchev–Trinajstić information content (AvgIpc) is 3.20. The number of primary amides is 1. The first-order chi connectivity index (χ1) is 13.7. The number of halogens is 3. The van der Waals surface area contributed by atoms with Crippen molar-refractivity contribution in [3.8, 4) is 0 Å². The van der Waals surface area contributed by atoms with Gasteiger partial charge in [0, 0.05) is 24.5 Å². The highest BCUT2D eigenvalue weighted by Crippen LogP contribution is 2.49. The van der Waals surface area contributed by atoms with E-state index in [1.807, 2.05) is 19.9 Å². The Morgan fingerprint density at radius 2 is 1.59 bits per heavy atom. The molecular weight excluding hydrogens is 381 g/mol. The number of anilines is 1. The van der Waals surface area contributed by atoms with E-state index in [1.54, 1.807) is 12.1 Å². The Labute approximate surface area is 168 Å². The molecule has 0 radical (unpaired) electrons. The molecule has 1 aromatic carbocycles. The number of amides is 1. The number of fused-ring (bicyclic) bond motifs is 1. The van der Waals surface area contributed by atoms with E-state index in [4.69, 9.17) is 4.79 Å². The summed E-state index contributed by atoms with van der Waals surface area (Å²) < 4.78 is 40.0. The second-order valence-corrected chi connectivity index (χ2v) is 7.77. The van der Waals surface area contributed by atoms with Crippen LogP contribution < -0.4 is 10.6 Å². The fraction of sp³-hybridized carbons (Fsp3) is 0.476. The number of carbonyl (C=O) groups excluding carboxylic acids is 1. The molecule has 29 heavy (non-hydrogen) atoms. The van der Waals surface area contributed by atoms with Gasteiger partial charge in [-0.15, -0.1) is 0 Å². The number of hydrogen-bond donors (Lipinski definition) is 1. The first kappa shape index (κ1) is 21.1. The van der Waals surface area contributed by atoms with Crippen LogP contribution in [0.15, 0.2) is 30.3 Å². The molecule has 2 heterocycles. The molecule has 1 saturated heterocycles. The molecule has 1 aromatic heterocycles. The first-order valence-electron chi connectivity index (χ1n) is 9.61. The normalized spacial score (nSPS) is 23.3. The zero-order valence-electron chi connectivity index (χ0n) is 16.5. The van der Waals surface area contributed by atoms with Crippen molar-refractivity contribution >= 4 is 12.4 Å². The van der Waals surface area contributed by atoms with Crippen molar-refractivity contribution in [2.45, 2.75) is 38.8 Å². The number of aryl methyl sites for hydroxylation is 2. The number of aromatic nitrogens is 2. The van der Waals surface area contributed by atoms with Crippen molar-refractivity contribution in [1.29, 1.82) is 0 Å². The Morgan fingerprint density at radius 1 is 1.07 bits per heavy atom. The van der Waals surface area contributed by atoms with Crippen LogP contribution >= 0.6 is 0 Å². The molecule has 156 valence electrons. The lowest BCUT2D eigenvalue weighted by Crippen LogP contribution is -2.24. The van der Waals surface area contributed by atoms with Gasteiger partial charge in [-0.25, -0.2) is 9.97 Å². The third-order valence-corrected chi connectivity index (χ3v) is 5.71. The van der Waals surface area contributed by atoms with Crippen LogP contribution in [0.1, 0.15) is 41.3 Å². The fourth-order valence-electron chi connectivity index (χ4n) is 4.68. The molecule has 8 heteroatoms. The summed E-state index contributed by atoms with van der Waals surface area (Å²) in [6, 6.07) is 8.00. The van der Waals surface area contributed by atoms with E-state index in [-0.39, 0.29) is 12.3 Å². The molecule has 2 fully saturated rings. The van der Waals surface area contributed by atoms with Crippen molar-refractivity contribution in [2.24, 2.45) is 17.6 Å².